The average Bonchev–Trinajstić information content (AvgIpc) is 4.03. The molecule has 9 rings (SSSR count). The molecule has 2 atom stereocenters. The zero-order chi connectivity index (χ0) is 40.1. The van der Waals surface area contributed by atoms with Crippen molar-refractivity contribution in [3.8, 4) is 11.5 Å². The van der Waals surface area contributed by atoms with Crippen molar-refractivity contribution in [3.63, 3.8) is 0 Å². The maximum absolute atomic E-state index is 13.3. The van der Waals surface area contributed by atoms with E-state index in [9.17, 15) is 19.1 Å². The predicted octanol–water partition coefficient (Wildman–Crippen LogP) is 11.0. The van der Waals surface area contributed by atoms with Crippen molar-refractivity contribution in [2.24, 2.45) is 17.3 Å². The monoisotopic (exact) mass is 780 g/mol. The minimum absolute atomic E-state index is 0.0785. The van der Waals surface area contributed by atoms with E-state index < -0.39 is 11.9 Å². The van der Waals surface area contributed by atoms with Gasteiger partial charge in [0.25, 0.3) is 0 Å². The number of methoxy groups -OCH3 is 1. The summed E-state index contributed by atoms with van der Waals surface area (Å²) in [6.07, 6.45) is 10.1. The second-order valence-electron chi connectivity index (χ2n) is 16.2. The molecule has 2 unspecified atom stereocenters. The maximum Gasteiger partial charge on any atom is 0.313 e. The van der Waals surface area contributed by atoms with E-state index >= 15 is 0 Å². The zero-order valence-electron chi connectivity index (χ0n) is 32.8. The highest BCUT2D eigenvalue weighted by atomic mass is 19.1. The Bertz CT molecular complexity index is 2370. The third-order valence-electron chi connectivity index (χ3n) is 12.6. The van der Waals surface area contributed by atoms with Gasteiger partial charge in [-0.15, -0.1) is 0 Å². The first-order chi connectivity index (χ1) is 28.3. The fourth-order valence-corrected chi connectivity index (χ4v) is 9.66. The van der Waals surface area contributed by atoms with E-state index in [1.165, 1.54) is 32.1 Å². The zero-order valence-corrected chi connectivity index (χ0v) is 32.8. The number of carbonyl (C=O) groups is 2. The van der Waals surface area contributed by atoms with Crippen molar-refractivity contribution < 1.29 is 33.3 Å². The number of aliphatic carboxylic acids is 1. The van der Waals surface area contributed by atoms with Gasteiger partial charge in [-0.1, -0.05) is 67.4 Å². The van der Waals surface area contributed by atoms with Crippen molar-refractivity contribution in [2.45, 2.75) is 82.8 Å². The van der Waals surface area contributed by atoms with Gasteiger partial charge >= 0.3 is 11.9 Å². The van der Waals surface area contributed by atoms with Crippen LogP contribution in [0.1, 0.15) is 92.1 Å². The summed E-state index contributed by atoms with van der Waals surface area (Å²) >= 11 is 0. The summed E-state index contributed by atoms with van der Waals surface area (Å²) in [6, 6.07) is 35.6. The molecule has 2 bridgehead atoms. The van der Waals surface area contributed by atoms with Crippen LogP contribution in [0.15, 0.2) is 115 Å². The van der Waals surface area contributed by atoms with Gasteiger partial charge in [-0.05, 0) is 134 Å². The van der Waals surface area contributed by atoms with Crippen LogP contribution < -0.4 is 9.47 Å². The Balaban J connectivity index is 0.000000162. The lowest BCUT2D eigenvalue weighted by Gasteiger charge is -2.34. The van der Waals surface area contributed by atoms with Crippen molar-refractivity contribution in [3.05, 3.63) is 144 Å². The number of carboxylic acids is 1. The van der Waals surface area contributed by atoms with Crippen LogP contribution in [-0.4, -0.2) is 34.1 Å². The minimum Gasteiger partial charge on any atom is -0.487 e. The number of pyridine rings is 2. The quantitative estimate of drug-likeness (QED) is 0.122. The summed E-state index contributed by atoms with van der Waals surface area (Å²) in [7, 11) is 1.50. The number of rotatable bonds is 12. The molecule has 8 nitrogen and oxygen atoms in total. The molecule has 58 heavy (non-hydrogen) atoms. The van der Waals surface area contributed by atoms with Crippen LogP contribution in [0.5, 0.6) is 11.5 Å². The molecule has 3 saturated carbocycles. The van der Waals surface area contributed by atoms with Gasteiger partial charge in [0.2, 0.25) is 0 Å². The van der Waals surface area contributed by atoms with Gasteiger partial charge < -0.3 is 19.3 Å². The van der Waals surface area contributed by atoms with Crippen LogP contribution in [0.25, 0.3) is 21.8 Å². The largest absolute Gasteiger partial charge is 0.487 e. The molecule has 298 valence electrons. The molecule has 4 aromatic carbocycles. The third-order valence-corrected chi connectivity index (χ3v) is 12.6. The Morgan fingerprint density at radius 3 is 1.90 bits per heavy atom. The molecule has 0 aliphatic heterocycles. The molecule has 9 heteroatoms. The smallest absolute Gasteiger partial charge is 0.313 e. The van der Waals surface area contributed by atoms with Gasteiger partial charge in [0.05, 0.1) is 41.4 Å². The van der Waals surface area contributed by atoms with Crippen LogP contribution >= 0.6 is 0 Å². The van der Waals surface area contributed by atoms with Crippen LogP contribution in [-0.2, 0) is 27.5 Å². The van der Waals surface area contributed by atoms with E-state index in [1.54, 1.807) is 6.07 Å². The Morgan fingerprint density at radius 2 is 1.31 bits per heavy atom. The van der Waals surface area contributed by atoms with Gasteiger partial charge in [-0.25, -0.2) is 14.4 Å². The number of fused-ring (bicyclic) bond motifs is 4. The fourth-order valence-electron chi connectivity index (χ4n) is 9.66. The van der Waals surface area contributed by atoms with Crippen LogP contribution in [0.2, 0.25) is 0 Å². The number of carbonyl (C=O) groups excluding carboxylic acids is 1. The lowest BCUT2D eigenvalue weighted by molar-refractivity contribution is -0.146. The number of nitrogens with zero attached hydrogens (tertiary/aromatic N) is 2. The molecule has 0 saturated heterocycles. The van der Waals surface area contributed by atoms with Crippen LogP contribution in [0, 0.1) is 23.1 Å². The van der Waals surface area contributed by atoms with E-state index in [0.717, 1.165) is 101 Å². The first-order valence-corrected chi connectivity index (χ1v) is 20.4. The minimum atomic E-state index is -0.752. The van der Waals surface area contributed by atoms with Crippen molar-refractivity contribution in [1.82, 2.24) is 9.97 Å². The van der Waals surface area contributed by atoms with E-state index in [2.05, 4.69) is 22.1 Å². The Hall–Kier alpha value is -5.83. The molecule has 3 aliphatic carbocycles. The number of aromatic nitrogens is 2. The van der Waals surface area contributed by atoms with E-state index in [4.69, 9.17) is 14.2 Å². The summed E-state index contributed by atoms with van der Waals surface area (Å²) in [5.41, 5.74) is 5.29. The molecule has 0 amide bonds. The summed E-state index contributed by atoms with van der Waals surface area (Å²) < 4.78 is 30.2. The summed E-state index contributed by atoms with van der Waals surface area (Å²) in [4.78, 5) is 33.6. The van der Waals surface area contributed by atoms with Gasteiger partial charge in [0, 0.05) is 10.8 Å². The molecular weight excluding hydrogens is 732 g/mol. The Kier molecular flexibility index (Phi) is 11.7. The SMILES string of the molecule is COC(=O)C(c1ccc(OCc2ccc3ccccc3n2)cc1)C12CCC(CC1)C2.O=C(O)C(c1ccc(OCc2ccc3cc(F)ccc3n2)cc1)C1CCCC1. The van der Waals surface area contributed by atoms with E-state index in [-0.39, 0.29) is 35.6 Å². The average molecular weight is 781 g/mol. The molecule has 3 aliphatic rings. The second kappa shape index (κ2) is 17.3. The van der Waals surface area contributed by atoms with Crippen molar-refractivity contribution in [2.75, 3.05) is 7.11 Å². The number of hydrogen-bond acceptors (Lipinski definition) is 7. The highest BCUT2D eigenvalue weighted by Crippen LogP contribution is 2.61. The lowest BCUT2D eigenvalue weighted by atomic mass is 9.70. The molecule has 1 N–H and O–H groups in total. The van der Waals surface area contributed by atoms with Gasteiger partial charge in [-0.3, -0.25) is 9.59 Å². The number of hydrogen-bond donors (Lipinski definition) is 1. The molecule has 2 heterocycles. The molecule has 0 radical (unpaired) electrons. The highest BCUT2D eigenvalue weighted by molar-refractivity contribution is 5.80. The second-order valence-corrected chi connectivity index (χ2v) is 16.2. The van der Waals surface area contributed by atoms with E-state index in [0.29, 0.717) is 12.4 Å². The van der Waals surface area contributed by atoms with Crippen LogP contribution in [0.3, 0.4) is 0 Å². The number of para-hydroxylation sites is 1. The molecule has 6 aromatic rings. The number of benzene rings is 4. The Labute approximate surface area is 338 Å². The first kappa shape index (κ1) is 39.0. The van der Waals surface area contributed by atoms with Crippen LogP contribution in [0.4, 0.5) is 4.39 Å². The maximum atomic E-state index is 13.3. The topological polar surface area (TPSA) is 108 Å². The Morgan fingerprint density at radius 1 is 0.724 bits per heavy atom. The third kappa shape index (κ3) is 8.69. The number of halogens is 1. The van der Waals surface area contributed by atoms with Gasteiger partial charge in [0.15, 0.2) is 0 Å². The summed E-state index contributed by atoms with van der Waals surface area (Å²) in [5, 5.41) is 11.5. The fraction of sp³-hybridized carbons (Fsp3) is 0.347. The standard InChI is InChI=1S/C26H27NO3.C23H22FNO3/c1-29-25(28)24(26-14-12-18(16-26)13-15-26)20-7-10-22(11-8-20)30-17-21-9-6-19-4-2-3-5-23(19)27-21;24-18-8-12-21-17(13-18)5-9-19(25-21)14-28-20-10-6-16(7-11-20)22(23(26)27)15-3-1-2-4-15/h2-11,18,24H,12-17H2,1H3;5-13,15,22H,1-4,14H2,(H,26,27). The predicted molar refractivity (Wildman–Crippen MR) is 221 cm³/mol. The number of ether oxygens (including phenoxy) is 3. The number of esters is 1. The molecule has 2 aromatic heterocycles. The van der Waals surface area contributed by atoms with E-state index in [1.807, 2.05) is 84.9 Å². The van der Waals surface area contributed by atoms with Gasteiger partial charge in [0.1, 0.15) is 30.5 Å². The van der Waals surface area contributed by atoms with Crippen molar-refractivity contribution >= 4 is 33.7 Å². The van der Waals surface area contributed by atoms with Crippen molar-refractivity contribution in [1.29, 1.82) is 0 Å². The molecular formula is C49H49FN2O6. The number of carboxylic acid groups (broad SMARTS) is 1. The molecule has 3 fully saturated rings. The summed E-state index contributed by atoms with van der Waals surface area (Å²) in [6.45, 7) is 0.702. The highest BCUT2D eigenvalue weighted by Gasteiger charge is 2.53. The lowest BCUT2D eigenvalue weighted by Crippen LogP contribution is -2.31. The normalized spacial score (nSPS) is 19.7. The first-order valence-electron chi connectivity index (χ1n) is 20.4. The molecule has 0 spiro atoms. The summed E-state index contributed by atoms with van der Waals surface area (Å²) in [5.74, 6) is 0.695. The van der Waals surface area contributed by atoms with Gasteiger partial charge in [-0.2, -0.15) is 0 Å².